The maximum Gasteiger partial charge on any atom is 0.195 e. The summed E-state index contributed by atoms with van der Waals surface area (Å²) in [4.78, 5) is 16.6. The van der Waals surface area contributed by atoms with Gasteiger partial charge < -0.3 is 14.9 Å². The molecule has 1 fully saturated rings. The van der Waals surface area contributed by atoms with Crippen molar-refractivity contribution < 1.29 is 24.1 Å². The SMILES string of the molecule is O=C(c1ccc(OCCN2CCCCC2)cc1)c1c(-c2ccc(O)c(F)c2)sc2cc(O)ccc12. The van der Waals surface area contributed by atoms with Gasteiger partial charge in [-0.3, -0.25) is 9.69 Å². The Hall–Kier alpha value is -3.42. The lowest BCUT2D eigenvalue weighted by molar-refractivity contribution is 0.104. The zero-order chi connectivity index (χ0) is 24.4. The van der Waals surface area contributed by atoms with E-state index in [1.54, 1.807) is 42.5 Å². The molecule has 2 N–H and O–H groups in total. The first-order chi connectivity index (χ1) is 17.0. The van der Waals surface area contributed by atoms with E-state index in [1.165, 1.54) is 48.8 Å². The average molecular weight is 492 g/mol. The molecular weight excluding hydrogens is 465 g/mol. The van der Waals surface area contributed by atoms with Crippen molar-refractivity contribution in [2.75, 3.05) is 26.2 Å². The summed E-state index contributed by atoms with van der Waals surface area (Å²) in [7, 11) is 0. The summed E-state index contributed by atoms with van der Waals surface area (Å²) in [5.74, 6) is -0.611. The first-order valence-corrected chi connectivity index (χ1v) is 12.6. The summed E-state index contributed by atoms with van der Waals surface area (Å²) < 4.78 is 20.7. The van der Waals surface area contributed by atoms with E-state index in [2.05, 4.69) is 4.90 Å². The van der Waals surface area contributed by atoms with E-state index in [0.29, 0.717) is 39.3 Å². The first kappa shape index (κ1) is 23.3. The zero-order valence-electron chi connectivity index (χ0n) is 19.2. The Balaban J connectivity index is 1.41. The molecule has 0 unspecified atom stereocenters. The molecule has 0 radical (unpaired) electrons. The van der Waals surface area contributed by atoms with Crippen molar-refractivity contribution in [2.45, 2.75) is 19.3 Å². The molecule has 0 bridgehead atoms. The van der Waals surface area contributed by atoms with Crippen LogP contribution in [0.5, 0.6) is 17.2 Å². The number of benzene rings is 3. The van der Waals surface area contributed by atoms with Gasteiger partial charge in [0.25, 0.3) is 0 Å². The van der Waals surface area contributed by atoms with Crippen LogP contribution in [0.4, 0.5) is 4.39 Å². The number of ketones is 1. The van der Waals surface area contributed by atoms with E-state index < -0.39 is 11.6 Å². The molecule has 5 nitrogen and oxygen atoms in total. The largest absolute Gasteiger partial charge is 0.508 e. The van der Waals surface area contributed by atoms with E-state index in [9.17, 15) is 19.4 Å². The van der Waals surface area contributed by atoms with E-state index in [-0.39, 0.29) is 11.5 Å². The van der Waals surface area contributed by atoms with Crippen LogP contribution >= 0.6 is 11.3 Å². The third kappa shape index (κ3) is 5.01. The number of phenols is 2. The number of carbonyl (C=O) groups excluding carboxylic acids is 1. The number of nitrogens with zero attached hydrogens (tertiary/aromatic N) is 1. The minimum Gasteiger partial charge on any atom is -0.508 e. The quantitative estimate of drug-likeness (QED) is 0.301. The van der Waals surface area contributed by atoms with Gasteiger partial charge in [-0.2, -0.15) is 0 Å². The van der Waals surface area contributed by atoms with Crippen LogP contribution in [0.3, 0.4) is 0 Å². The smallest absolute Gasteiger partial charge is 0.195 e. The summed E-state index contributed by atoms with van der Waals surface area (Å²) in [6.07, 6.45) is 3.79. The maximum absolute atomic E-state index is 14.1. The number of thiophene rings is 1. The first-order valence-electron chi connectivity index (χ1n) is 11.7. The molecule has 35 heavy (non-hydrogen) atoms. The second-order valence-electron chi connectivity index (χ2n) is 8.76. The van der Waals surface area contributed by atoms with Gasteiger partial charge in [-0.15, -0.1) is 11.3 Å². The Kier molecular flexibility index (Phi) is 6.70. The summed E-state index contributed by atoms with van der Waals surface area (Å²) >= 11 is 1.30. The molecule has 180 valence electrons. The van der Waals surface area contributed by atoms with Crippen LogP contribution in [0.1, 0.15) is 35.2 Å². The Morgan fingerprint density at radius 2 is 1.74 bits per heavy atom. The summed E-state index contributed by atoms with van der Waals surface area (Å²) in [6.45, 7) is 3.73. The minimum absolute atomic E-state index is 0.0900. The van der Waals surface area contributed by atoms with Crippen molar-refractivity contribution in [1.82, 2.24) is 4.90 Å². The van der Waals surface area contributed by atoms with Gasteiger partial charge in [-0.05, 0) is 92.2 Å². The molecule has 1 aromatic heterocycles. The molecule has 7 heteroatoms. The molecule has 0 saturated carbocycles. The predicted molar refractivity (Wildman–Crippen MR) is 136 cm³/mol. The van der Waals surface area contributed by atoms with E-state index >= 15 is 0 Å². The lowest BCUT2D eigenvalue weighted by atomic mass is 9.97. The number of ether oxygens (including phenoxy) is 1. The van der Waals surface area contributed by atoms with Crippen molar-refractivity contribution in [3.05, 3.63) is 77.6 Å². The number of phenolic OH excluding ortho intramolecular Hbond substituents is 2. The molecular formula is C28H26FNO4S. The van der Waals surface area contributed by atoms with Crippen LogP contribution in [-0.2, 0) is 0 Å². The third-order valence-corrected chi connectivity index (χ3v) is 7.55. The molecule has 4 aromatic rings. The highest BCUT2D eigenvalue weighted by Gasteiger charge is 2.22. The van der Waals surface area contributed by atoms with Crippen molar-refractivity contribution >= 4 is 27.2 Å². The molecule has 0 amide bonds. The molecule has 1 aliphatic heterocycles. The van der Waals surface area contributed by atoms with Crippen LogP contribution in [0, 0.1) is 5.82 Å². The molecule has 0 spiro atoms. The van der Waals surface area contributed by atoms with Crippen LogP contribution in [0.15, 0.2) is 60.7 Å². The van der Waals surface area contributed by atoms with Gasteiger partial charge in [-0.25, -0.2) is 4.39 Å². The minimum atomic E-state index is -0.757. The fraction of sp³-hybridized carbons (Fsp3) is 0.250. The van der Waals surface area contributed by atoms with E-state index in [4.69, 9.17) is 4.74 Å². The number of hydrogen-bond donors (Lipinski definition) is 2. The highest BCUT2D eigenvalue weighted by atomic mass is 32.1. The van der Waals surface area contributed by atoms with Gasteiger partial charge >= 0.3 is 0 Å². The van der Waals surface area contributed by atoms with Gasteiger partial charge in [0.1, 0.15) is 18.1 Å². The Bertz CT molecular complexity index is 1360. The monoisotopic (exact) mass is 491 g/mol. The standard InChI is InChI=1S/C28H26FNO4S/c29-23-16-19(6-11-24(23)32)28-26(22-10-7-20(31)17-25(22)35-28)27(33)18-4-8-21(9-5-18)34-15-14-30-12-2-1-3-13-30/h4-11,16-17,31-32H,1-3,12-15H2. The number of rotatable bonds is 7. The summed E-state index contributed by atoms with van der Waals surface area (Å²) in [6, 6.07) is 16.0. The number of carbonyl (C=O) groups is 1. The highest BCUT2D eigenvalue weighted by molar-refractivity contribution is 7.22. The molecule has 2 heterocycles. The number of halogens is 1. The molecule has 0 aliphatic carbocycles. The number of likely N-dealkylation sites (tertiary alicyclic amines) is 1. The fourth-order valence-corrected chi connectivity index (χ4v) is 5.71. The molecule has 0 atom stereocenters. The van der Waals surface area contributed by atoms with E-state index in [0.717, 1.165) is 24.3 Å². The van der Waals surface area contributed by atoms with Gasteiger partial charge in [0, 0.05) is 32.6 Å². The third-order valence-electron chi connectivity index (χ3n) is 6.35. The second-order valence-corrected chi connectivity index (χ2v) is 9.81. The Morgan fingerprint density at radius 1 is 0.971 bits per heavy atom. The van der Waals surface area contributed by atoms with Gasteiger partial charge in [0.2, 0.25) is 0 Å². The number of hydrogen-bond acceptors (Lipinski definition) is 6. The van der Waals surface area contributed by atoms with E-state index in [1.807, 2.05) is 0 Å². The van der Waals surface area contributed by atoms with Gasteiger partial charge in [0.15, 0.2) is 17.3 Å². The lowest BCUT2D eigenvalue weighted by Gasteiger charge is -2.26. The topological polar surface area (TPSA) is 70.0 Å². The zero-order valence-corrected chi connectivity index (χ0v) is 20.0. The van der Waals surface area contributed by atoms with Gasteiger partial charge in [0.05, 0.1) is 0 Å². The fourth-order valence-electron chi connectivity index (χ4n) is 4.48. The normalized spacial score (nSPS) is 14.3. The van der Waals surface area contributed by atoms with Crippen LogP contribution in [-0.4, -0.2) is 47.1 Å². The van der Waals surface area contributed by atoms with Crippen molar-refractivity contribution in [3.8, 4) is 27.7 Å². The Morgan fingerprint density at radius 3 is 2.49 bits per heavy atom. The number of fused-ring (bicyclic) bond motifs is 1. The Labute approximate surface area is 207 Å². The average Bonchev–Trinajstić information content (AvgIpc) is 3.25. The van der Waals surface area contributed by atoms with Crippen molar-refractivity contribution in [1.29, 1.82) is 0 Å². The molecule has 5 rings (SSSR count). The summed E-state index contributed by atoms with van der Waals surface area (Å²) in [5, 5.41) is 20.2. The maximum atomic E-state index is 14.1. The highest BCUT2D eigenvalue weighted by Crippen LogP contribution is 2.42. The number of aromatic hydroxyl groups is 2. The lowest BCUT2D eigenvalue weighted by Crippen LogP contribution is -2.33. The van der Waals surface area contributed by atoms with Crippen molar-refractivity contribution in [3.63, 3.8) is 0 Å². The second kappa shape index (κ2) is 10.1. The molecule has 1 aliphatic rings. The van der Waals surface area contributed by atoms with Crippen LogP contribution in [0.2, 0.25) is 0 Å². The molecule has 1 saturated heterocycles. The summed E-state index contributed by atoms with van der Waals surface area (Å²) in [5.41, 5.74) is 1.41. The predicted octanol–water partition coefficient (Wildman–Crippen LogP) is 6.21. The van der Waals surface area contributed by atoms with Gasteiger partial charge in [-0.1, -0.05) is 6.42 Å². The van der Waals surface area contributed by atoms with Crippen molar-refractivity contribution in [2.24, 2.45) is 0 Å². The molecule has 3 aromatic carbocycles. The van der Waals surface area contributed by atoms with Crippen LogP contribution < -0.4 is 4.74 Å². The van der Waals surface area contributed by atoms with Crippen LogP contribution in [0.25, 0.3) is 20.5 Å². The number of piperidine rings is 1.